The predicted molar refractivity (Wildman–Crippen MR) is 103 cm³/mol. The Kier molecular flexibility index (Phi) is 4.98. The van der Waals surface area contributed by atoms with E-state index in [1.54, 1.807) is 0 Å². The first-order valence-corrected chi connectivity index (χ1v) is 9.43. The van der Waals surface area contributed by atoms with Crippen molar-refractivity contribution in [2.75, 3.05) is 28.6 Å². The molecule has 2 N–H and O–H groups in total. The van der Waals surface area contributed by atoms with Gasteiger partial charge in [-0.05, 0) is 55.7 Å². The summed E-state index contributed by atoms with van der Waals surface area (Å²) in [4.78, 5) is 26.9. The smallest absolute Gasteiger partial charge is 0.228 e. The first-order valence-electron chi connectivity index (χ1n) is 9.43. The van der Waals surface area contributed by atoms with Crippen LogP contribution in [0.25, 0.3) is 0 Å². The number of benzene rings is 2. The topological polar surface area (TPSA) is 61.4 Å². The Morgan fingerprint density at radius 2 is 1.54 bits per heavy atom. The van der Waals surface area contributed by atoms with Gasteiger partial charge in [-0.2, -0.15) is 0 Å². The minimum Gasteiger partial charge on any atom is -0.372 e. The Morgan fingerprint density at radius 3 is 2.18 bits per heavy atom. The average molecular weight is 385 g/mol. The van der Waals surface area contributed by atoms with Gasteiger partial charge in [0.2, 0.25) is 11.8 Å². The zero-order valence-electron chi connectivity index (χ0n) is 15.3. The second kappa shape index (κ2) is 7.58. The molecule has 5 nitrogen and oxygen atoms in total. The summed E-state index contributed by atoms with van der Waals surface area (Å²) in [6.07, 6.45) is 2.81. The van der Waals surface area contributed by atoms with Crippen LogP contribution >= 0.6 is 0 Å². The fourth-order valence-corrected chi connectivity index (χ4v) is 3.56. The van der Waals surface area contributed by atoms with E-state index in [0.717, 1.165) is 24.8 Å². The summed E-state index contributed by atoms with van der Waals surface area (Å²) in [5.41, 5.74) is 1.74. The lowest BCUT2D eigenvalue weighted by molar-refractivity contribution is -0.122. The van der Waals surface area contributed by atoms with Crippen LogP contribution in [-0.2, 0) is 9.59 Å². The SMILES string of the molecule is O=C(Nc1ccc(N2CCCC2)cc1)C1CC1C(=O)Nc1ccc(F)cc1F. The second-order valence-corrected chi connectivity index (χ2v) is 7.29. The molecule has 4 rings (SSSR count). The first-order chi connectivity index (χ1) is 13.5. The van der Waals surface area contributed by atoms with Crippen molar-refractivity contribution in [2.45, 2.75) is 19.3 Å². The summed E-state index contributed by atoms with van der Waals surface area (Å²) >= 11 is 0. The van der Waals surface area contributed by atoms with Crippen molar-refractivity contribution >= 4 is 28.9 Å². The number of rotatable bonds is 5. The van der Waals surface area contributed by atoms with Gasteiger partial charge >= 0.3 is 0 Å². The number of anilines is 3. The van der Waals surface area contributed by atoms with Crippen LogP contribution in [0, 0.1) is 23.5 Å². The number of amides is 2. The minimum absolute atomic E-state index is 0.0880. The lowest BCUT2D eigenvalue weighted by Crippen LogP contribution is -2.21. The number of carbonyl (C=O) groups is 2. The van der Waals surface area contributed by atoms with E-state index in [9.17, 15) is 18.4 Å². The van der Waals surface area contributed by atoms with Crippen LogP contribution in [0.2, 0.25) is 0 Å². The number of nitrogens with one attached hydrogen (secondary N) is 2. The second-order valence-electron chi connectivity index (χ2n) is 7.29. The van der Waals surface area contributed by atoms with Crippen LogP contribution in [0.3, 0.4) is 0 Å². The van der Waals surface area contributed by atoms with Gasteiger partial charge in [-0.3, -0.25) is 9.59 Å². The molecule has 1 heterocycles. The van der Waals surface area contributed by atoms with Crippen molar-refractivity contribution in [1.29, 1.82) is 0 Å². The summed E-state index contributed by atoms with van der Waals surface area (Å²) in [7, 11) is 0. The molecule has 0 spiro atoms. The maximum atomic E-state index is 13.6. The van der Waals surface area contributed by atoms with E-state index < -0.39 is 29.4 Å². The normalized spacial score (nSPS) is 20.7. The van der Waals surface area contributed by atoms with Gasteiger partial charge in [-0.25, -0.2) is 8.78 Å². The van der Waals surface area contributed by atoms with E-state index in [-0.39, 0.29) is 11.6 Å². The van der Waals surface area contributed by atoms with E-state index >= 15 is 0 Å². The average Bonchev–Trinajstić information content (AvgIpc) is 3.31. The number of hydrogen-bond donors (Lipinski definition) is 2. The third-order valence-electron chi connectivity index (χ3n) is 5.26. The first kappa shape index (κ1) is 18.4. The molecule has 1 aliphatic heterocycles. The van der Waals surface area contributed by atoms with Crippen LogP contribution < -0.4 is 15.5 Å². The Morgan fingerprint density at radius 1 is 0.893 bits per heavy atom. The minimum atomic E-state index is -0.840. The fraction of sp³-hybridized carbons (Fsp3) is 0.333. The molecule has 2 unspecified atom stereocenters. The van der Waals surface area contributed by atoms with Gasteiger partial charge in [0.05, 0.1) is 17.5 Å². The van der Waals surface area contributed by atoms with Crippen molar-refractivity contribution < 1.29 is 18.4 Å². The summed E-state index contributed by atoms with van der Waals surface area (Å²) in [6.45, 7) is 2.11. The highest BCUT2D eigenvalue weighted by Gasteiger charge is 2.48. The van der Waals surface area contributed by atoms with E-state index in [2.05, 4.69) is 15.5 Å². The van der Waals surface area contributed by atoms with Crippen molar-refractivity contribution in [3.63, 3.8) is 0 Å². The van der Waals surface area contributed by atoms with Crippen molar-refractivity contribution in [3.05, 3.63) is 54.1 Å². The van der Waals surface area contributed by atoms with Gasteiger partial charge in [-0.15, -0.1) is 0 Å². The number of hydrogen-bond acceptors (Lipinski definition) is 3. The maximum absolute atomic E-state index is 13.6. The molecule has 0 aromatic heterocycles. The van der Waals surface area contributed by atoms with E-state index in [1.807, 2.05) is 24.3 Å². The van der Waals surface area contributed by atoms with E-state index in [4.69, 9.17) is 0 Å². The quantitative estimate of drug-likeness (QED) is 0.824. The largest absolute Gasteiger partial charge is 0.372 e. The lowest BCUT2D eigenvalue weighted by atomic mass is 10.2. The summed E-state index contributed by atoms with van der Waals surface area (Å²) < 4.78 is 26.6. The molecule has 1 saturated carbocycles. The number of halogens is 2. The molecule has 2 aliphatic rings. The Balaban J connectivity index is 1.30. The van der Waals surface area contributed by atoms with Crippen LogP contribution in [0.15, 0.2) is 42.5 Å². The van der Waals surface area contributed by atoms with Crippen molar-refractivity contribution in [1.82, 2.24) is 0 Å². The molecule has 2 aromatic rings. The molecule has 2 aromatic carbocycles. The molecule has 0 bridgehead atoms. The van der Waals surface area contributed by atoms with Crippen molar-refractivity contribution in [2.24, 2.45) is 11.8 Å². The third kappa shape index (κ3) is 3.98. The van der Waals surface area contributed by atoms with Gasteiger partial charge in [0.25, 0.3) is 0 Å². The molecule has 2 amide bonds. The molecule has 146 valence electrons. The van der Waals surface area contributed by atoms with Crippen LogP contribution in [0.5, 0.6) is 0 Å². The molecule has 7 heteroatoms. The highest BCUT2D eigenvalue weighted by atomic mass is 19.1. The van der Waals surface area contributed by atoms with E-state index in [1.165, 1.54) is 18.9 Å². The fourth-order valence-electron chi connectivity index (χ4n) is 3.56. The van der Waals surface area contributed by atoms with Gasteiger partial charge < -0.3 is 15.5 Å². The van der Waals surface area contributed by atoms with Gasteiger partial charge in [0.15, 0.2) is 0 Å². The van der Waals surface area contributed by atoms with Crippen molar-refractivity contribution in [3.8, 4) is 0 Å². The molecular weight excluding hydrogens is 364 g/mol. The van der Waals surface area contributed by atoms with Crippen LogP contribution in [-0.4, -0.2) is 24.9 Å². The molecule has 1 saturated heterocycles. The number of carbonyl (C=O) groups excluding carboxylic acids is 2. The van der Waals surface area contributed by atoms with Crippen LogP contribution in [0.4, 0.5) is 25.8 Å². The van der Waals surface area contributed by atoms with E-state index in [0.29, 0.717) is 18.2 Å². The Bertz CT molecular complexity index is 895. The molecule has 0 radical (unpaired) electrons. The number of nitrogens with zero attached hydrogens (tertiary/aromatic N) is 1. The van der Waals surface area contributed by atoms with Gasteiger partial charge in [-0.1, -0.05) is 0 Å². The van der Waals surface area contributed by atoms with Gasteiger partial charge in [0.1, 0.15) is 11.6 Å². The summed E-state index contributed by atoms with van der Waals surface area (Å²) in [5.74, 6) is -3.16. The zero-order valence-corrected chi connectivity index (χ0v) is 15.3. The van der Waals surface area contributed by atoms with Gasteiger partial charge in [0, 0.05) is 30.5 Å². The predicted octanol–water partition coefficient (Wildman–Crippen LogP) is 3.78. The molecule has 2 fully saturated rings. The molecular formula is C21H21F2N3O2. The maximum Gasteiger partial charge on any atom is 0.228 e. The molecule has 28 heavy (non-hydrogen) atoms. The molecule has 2 atom stereocenters. The third-order valence-corrected chi connectivity index (χ3v) is 5.26. The van der Waals surface area contributed by atoms with Crippen LogP contribution in [0.1, 0.15) is 19.3 Å². The Labute approximate surface area is 161 Å². The Hall–Kier alpha value is -2.96. The monoisotopic (exact) mass is 385 g/mol. The zero-order chi connectivity index (χ0) is 19.7. The highest BCUT2D eigenvalue weighted by Crippen LogP contribution is 2.40. The standard InChI is InChI=1S/C21H21F2N3O2/c22-13-3-8-19(18(23)11-13)25-21(28)17-12-16(17)20(27)24-14-4-6-15(7-5-14)26-9-1-2-10-26/h3-8,11,16-17H,1-2,9-10,12H2,(H,24,27)(H,25,28). The summed E-state index contributed by atoms with van der Waals surface area (Å²) in [5, 5.41) is 5.25. The molecule has 1 aliphatic carbocycles. The summed E-state index contributed by atoms with van der Waals surface area (Å²) in [6, 6.07) is 10.6. The lowest BCUT2D eigenvalue weighted by Gasteiger charge is -2.17. The highest BCUT2D eigenvalue weighted by molar-refractivity contribution is 6.03.